The van der Waals surface area contributed by atoms with Gasteiger partial charge in [-0.2, -0.15) is 0 Å². The molecule has 2 saturated heterocycles. The van der Waals surface area contributed by atoms with Gasteiger partial charge in [-0.3, -0.25) is 24.0 Å². The Kier molecular flexibility index (Phi) is 29.4. The average Bonchev–Trinajstić information content (AvgIpc) is 1.74. The zero-order valence-electron chi connectivity index (χ0n) is 72.6. The summed E-state index contributed by atoms with van der Waals surface area (Å²) in [7, 11) is 0. The minimum atomic E-state index is -1.67. The van der Waals surface area contributed by atoms with E-state index in [1.165, 1.54) is 60.4 Å². The van der Waals surface area contributed by atoms with Gasteiger partial charge in [0.1, 0.15) is 45.8 Å². The second-order valence-corrected chi connectivity index (χ2v) is 35.0. The lowest BCUT2D eigenvalue weighted by molar-refractivity contribution is -0.180. The van der Waals surface area contributed by atoms with Crippen molar-refractivity contribution >= 4 is 104 Å². The van der Waals surface area contributed by atoms with Crippen LogP contribution in [0.3, 0.4) is 0 Å². The Balaban J connectivity index is 0.000000196. The number of nitrogens with two attached hydrogens (primary N) is 1. The van der Waals surface area contributed by atoms with Gasteiger partial charge in [-0.1, -0.05) is 253 Å². The first kappa shape index (κ1) is 93.8. The van der Waals surface area contributed by atoms with Crippen LogP contribution in [0.2, 0.25) is 0 Å². The molecule has 0 aliphatic carbocycles. The van der Waals surface area contributed by atoms with Crippen molar-refractivity contribution in [1.29, 1.82) is 0 Å². The van der Waals surface area contributed by atoms with E-state index >= 15 is 0 Å². The second kappa shape index (κ2) is 40.5. The van der Waals surface area contributed by atoms with E-state index in [1.54, 1.807) is 52.3 Å². The zero-order valence-corrected chi connectivity index (χ0v) is 74.2. The number of carboxylic acid groups (broad SMARTS) is 3. The number of carboxylic acids is 3. The number of thiazole rings is 2. The quantitative estimate of drug-likeness (QED) is 0.00843. The molecule has 31 nitrogen and oxygen atoms in total. The lowest BCUT2D eigenvalue weighted by atomic mass is 9.77. The first-order chi connectivity index (χ1) is 61.5. The van der Waals surface area contributed by atoms with E-state index in [1.807, 2.05) is 243 Å². The van der Waals surface area contributed by atoms with Gasteiger partial charge in [-0.15, -0.1) is 22.7 Å². The van der Waals surface area contributed by atoms with Gasteiger partial charge in [0.2, 0.25) is 16.9 Å². The van der Waals surface area contributed by atoms with Gasteiger partial charge in [0.05, 0.1) is 24.2 Å². The molecule has 129 heavy (non-hydrogen) atoms. The summed E-state index contributed by atoms with van der Waals surface area (Å²) in [6.45, 7) is 16.7. The standard InChI is InChI=1S/C48H49N7O8S.C32H33N3O5S.C16H18N4O4/c1-46(2,3)62-44(61)47(4,5)63-53-38(37-30-64-45(51-37)52-48(32-20-12-7-13-21-32,33-22-14-8-15-23-33)34-24-16-9-17-25-34)41(57)50-36-29-54-28-35(39(43(59)60)55(54)42(36)58)40(56)49-27-26-31-18-10-6-11-19-31;1-30(2,3)39-28(38)31(4,5)40-35-26(27(36)37)25-21-41-29(33-25)34-32(22-15-9-6-10-16-22,23-17-11-7-12-18-23)24-19-13-8-14-20-24;17-12-9-19-8-11(13(16(23)24)20(19)15(12)22)14(21)18-7-6-10-4-2-1-3-5-10/h6-25,30,36H,26-29H2,1-5H3,(H,49,56)(H,50,57)(H,51,52)(H,59,60);6-21H,1-5H3,(H,33,34)(H,36,37);1-5,12H,6-9,17H2,(H,18,21)(H,23,24)/b53-38-;35-26-;/t36-;;12-/m0.0/s1. The first-order valence-corrected chi connectivity index (χ1v) is 43.1. The maximum Gasteiger partial charge on any atom is 0.360 e. The van der Waals surface area contributed by atoms with Crippen LogP contribution in [-0.4, -0.2) is 190 Å². The SMILES string of the molecule is CC(C)(C)OC(=O)C(C)(C)O/N=C(\C(=O)N[C@H]1CN2CC(C(=O)NCCc3ccccc3)=C(C(=O)O)N2C1=O)c1csc(NC(c2ccccc2)(c2ccccc2)c2ccccc2)n1.CC(C)(C)OC(=O)C(C)(C)O/N=C(\C(=O)O)c1csc(NC(c2ccccc2)(c2ccccc2)c2ccccc2)n1.N[C@H]1CN2CC(C(=O)NCCc3ccccc3)=C(C(=O)O)N2C1=O. The molecule has 33 heteroatoms. The summed E-state index contributed by atoms with van der Waals surface area (Å²) in [6.07, 6.45) is 1.16. The molecule has 2 atom stereocenters. The van der Waals surface area contributed by atoms with Crippen LogP contribution in [0.15, 0.2) is 286 Å². The van der Waals surface area contributed by atoms with Gasteiger partial charge in [-0.05, 0) is 127 Å². The molecule has 6 heterocycles. The molecule has 0 spiro atoms. The minimum absolute atomic E-state index is 0.0555. The second-order valence-electron chi connectivity index (χ2n) is 33.3. The first-order valence-electron chi connectivity index (χ1n) is 41.3. The normalized spacial score (nSPS) is 15.6. The van der Waals surface area contributed by atoms with E-state index in [-0.39, 0.29) is 66.7 Å². The third-order valence-corrected chi connectivity index (χ3v) is 22.2. The van der Waals surface area contributed by atoms with Crippen molar-refractivity contribution in [2.24, 2.45) is 16.0 Å². The highest BCUT2D eigenvalue weighted by atomic mass is 32.1. The highest BCUT2D eigenvalue weighted by molar-refractivity contribution is 7.14. The summed E-state index contributed by atoms with van der Waals surface area (Å²) < 4.78 is 10.9. The fraction of sp³-hybridized carbons (Fsp3) is 0.271. The Morgan fingerprint density at radius 2 is 0.752 bits per heavy atom. The van der Waals surface area contributed by atoms with Crippen molar-refractivity contribution in [3.8, 4) is 0 Å². The number of nitrogens with zero attached hydrogens (tertiary/aromatic N) is 8. The molecule has 14 rings (SSSR count). The van der Waals surface area contributed by atoms with Crippen LogP contribution < -0.4 is 32.3 Å². The number of aliphatic carboxylic acids is 3. The maximum atomic E-state index is 14.4. The van der Waals surface area contributed by atoms with E-state index in [9.17, 15) is 63.3 Å². The molecule has 0 unspecified atom stereocenters. The topological polar surface area (TPSA) is 418 Å². The van der Waals surface area contributed by atoms with Crippen LogP contribution in [0.1, 0.15) is 125 Å². The molecule has 2 fully saturated rings. The number of anilines is 2. The number of hydrazine groups is 2. The van der Waals surface area contributed by atoms with Crippen molar-refractivity contribution in [3.63, 3.8) is 0 Å². The molecule has 10 aromatic rings. The monoisotopic (exact) mass is 1780 g/mol. The number of nitrogens with one attached hydrogen (secondary N) is 5. The number of fused-ring (bicyclic) bond motifs is 2. The van der Waals surface area contributed by atoms with Crippen LogP contribution in [0, 0.1) is 0 Å². The van der Waals surface area contributed by atoms with Crippen LogP contribution in [0.5, 0.6) is 0 Å². The van der Waals surface area contributed by atoms with E-state index in [0.29, 0.717) is 29.6 Å². The lowest BCUT2D eigenvalue weighted by Crippen LogP contribution is -2.46. The van der Waals surface area contributed by atoms with E-state index in [0.717, 1.165) is 54.5 Å². The summed E-state index contributed by atoms with van der Waals surface area (Å²) >= 11 is 2.44. The number of amides is 5. The van der Waals surface area contributed by atoms with E-state index in [2.05, 4.69) is 41.9 Å². The summed E-state index contributed by atoms with van der Waals surface area (Å²) in [6, 6.07) is 76.7. The molecule has 0 bridgehead atoms. The largest absolute Gasteiger partial charge is 0.477 e. The van der Waals surface area contributed by atoms with Crippen LogP contribution in [0.25, 0.3) is 0 Å². The zero-order chi connectivity index (χ0) is 92.6. The van der Waals surface area contributed by atoms with Crippen molar-refractivity contribution in [1.82, 2.24) is 46.0 Å². The maximum absolute atomic E-state index is 14.4. The molecule has 8 aromatic carbocycles. The molecule has 668 valence electrons. The van der Waals surface area contributed by atoms with Crippen molar-refractivity contribution in [2.45, 2.75) is 128 Å². The van der Waals surface area contributed by atoms with Crippen molar-refractivity contribution in [3.05, 3.63) is 332 Å². The summed E-state index contributed by atoms with van der Waals surface area (Å²) in [5.74, 6) is -8.79. The number of rotatable bonds is 31. The number of hydrogen-bond acceptors (Lipinski definition) is 25. The van der Waals surface area contributed by atoms with Gasteiger partial charge in [-0.25, -0.2) is 54.0 Å². The predicted octanol–water partition coefficient (Wildman–Crippen LogP) is 11.2. The Bertz CT molecular complexity index is 5660. The highest BCUT2D eigenvalue weighted by Gasteiger charge is 2.52. The molecular weight excluding hydrogens is 1690 g/mol. The van der Waals surface area contributed by atoms with Crippen LogP contribution in [-0.2, 0) is 91.0 Å². The number of carbonyl (C=O) groups excluding carboxylic acids is 7. The lowest BCUT2D eigenvalue weighted by Gasteiger charge is -2.36. The van der Waals surface area contributed by atoms with Gasteiger partial charge >= 0.3 is 29.8 Å². The van der Waals surface area contributed by atoms with Gasteiger partial charge in [0, 0.05) is 36.9 Å². The Morgan fingerprint density at radius 1 is 0.442 bits per heavy atom. The van der Waals surface area contributed by atoms with E-state index < -0.39 is 116 Å². The summed E-state index contributed by atoms with van der Waals surface area (Å²) in [5.41, 5.74) is 5.34. The molecule has 0 radical (unpaired) electrons. The molecule has 4 aliphatic heterocycles. The summed E-state index contributed by atoms with van der Waals surface area (Å²) in [5, 5.41) is 61.9. The smallest absolute Gasteiger partial charge is 0.360 e. The van der Waals surface area contributed by atoms with E-state index in [4.69, 9.17) is 29.9 Å². The third kappa shape index (κ3) is 22.4. The molecule has 4 aliphatic rings. The Hall–Kier alpha value is -14.4. The number of aromatic nitrogens is 2. The van der Waals surface area contributed by atoms with Crippen LogP contribution in [0.4, 0.5) is 10.3 Å². The molecule has 5 amide bonds. The minimum Gasteiger partial charge on any atom is -0.477 e. The fourth-order valence-corrected chi connectivity index (χ4v) is 16.0. The highest BCUT2D eigenvalue weighted by Crippen LogP contribution is 2.44. The third-order valence-electron chi connectivity index (χ3n) is 20.7. The van der Waals surface area contributed by atoms with Gasteiger partial charge < -0.3 is 66.8 Å². The molecule has 2 aromatic heterocycles. The number of hydrogen-bond donors (Lipinski definition) is 9. The van der Waals surface area contributed by atoms with Crippen LogP contribution >= 0.6 is 22.7 Å². The number of carbonyl (C=O) groups is 10. The number of benzene rings is 8. The number of esters is 2. The number of ether oxygens (including phenoxy) is 2. The number of oxime groups is 2. The molecule has 10 N–H and O–H groups in total. The van der Waals surface area contributed by atoms with Gasteiger partial charge in [0.15, 0.2) is 27.4 Å². The Morgan fingerprint density at radius 3 is 1.08 bits per heavy atom. The van der Waals surface area contributed by atoms with Crippen molar-refractivity contribution in [2.75, 3.05) is 49.9 Å². The average molecular weight is 1790 g/mol. The van der Waals surface area contributed by atoms with Crippen molar-refractivity contribution < 1.29 is 82.4 Å². The molecular formula is C96H100N14O17S2. The fourth-order valence-electron chi connectivity index (χ4n) is 14.5. The summed E-state index contributed by atoms with van der Waals surface area (Å²) in [4.78, 5) is 149. The molecule has 0 saturated carbocycles. The Labute approximate surface area is 753 Å². The van der Waals surface area contributed by atoms with Gasteiger partial charge in [0.25, 0.3) is 29.5 Å². The predicted molar refractivity (Wildman–Crippen MR) is 485 cm³/mol.